The van der Waals surface area contributed by atoms with Crippen molar-refractivity contribution in [3.63, 3.8) is 0 Å². The maximum Gasteiger partial charge on any atom is 0.407 e. The second kappa shape index (κ2) is 11.6. The molecule has 0 radical (unpaired) electrons. The summed E-state index contributed by atoms with van der Waals surface area (Å²) in [5.74, 6) is 7.01. The molecule has 1 fully saturated rings. The highest BCUT2D eigenvalue weighted by molar-refractivity contribution is 5.67. The summed E-state index contributed by atoms with van der Waals surface area (Å²) in [6.45, 7) is 14.0. The largest absolute Gasteiger partial charge is 0.444 e. The molecule has 134 valence electrons. The Kier molecular flexibility index (Phi) is 10.6. The van der Waals surface area contributed by atoms with Gasteiger partial charge in [0.05, 0.1) is 0 Å². The Morgan fingerprint density at radius 2 is 1.67 bits per heavy atom. The van der Waals surface area contributed by atoms with E-state index < -0.39 is 11.7 Å². The average Bonchev–Trinajstić information content (AvgIpc) is 3.38. The molecular formula is C21H33NO2. The first-order valence-corrected chi connectivity index (χ1v) is 9.00. The van der Waals surface area contributed by atoms with Gasteiger partial charge in [-0.05, 0) is 51.3 Å². The predicted molar refractivity (Wildman–Crippen MR) is 102 cm³/mol. The maximum absolute atomic E-state index is 11.5. The molecular weight excluding hydrogens is 298 g/mol. The van der Waals surface area contributed by atoms with E-state index in [0.29, 0.717) is 12.5 Å². The molecule has 0 aliphatic heterocycles. The molecule has 3 nitrogen and oxygen atoms in total. The van der Waals surface area contributed by atoms with Gasteiger partial charge in [-0.3, -0.25) is 0 Å². The van der Waals surface area contributed by atoms with E-state index in [4.69, 9.17) is 4.74 Å². The quantitative estimate of drug-likeness (QED) is 0.724. The molecule has 0 heterocycles. The van der Waals surface area contributed by atoms with Crippen molar-refractivity contribution < 1.29 is 9.53 Å². The van der Waals surface area contributed by atoms with E-state index in [0.717, 1.165) is 11.1 Å². The van der Waals surface area contributed by atoms with Crippen LogP contribution < -0.4 is 5.32 Å². The molecule has 24 heavy (non-hydrogen) atoms. The Labute approximate surface area is 148 Å². The maximum atomic E-state index is 11.5. The lowest BCUT2D eigenvalue weighted by Crippen LogP contribution is -2.32. The zero-order valence-electron chi connectivity index (χ0n) is 16.3. The minimum atomic E-state index is -0.466. The number of ether oxygens (including phenoxy) is 1. The molecule has 0 spiro atoms. The Hall–Kier alpha value is -1.95. The highest BCUT2D eigenvalue weighted by atomic mass is 16.6. The Morgan fingerprint density at radius 1 is 1.12 bits per heavy atom. The third kappa shape index (κ3) is 10.7. The first-order chi connectivity index (χ1) is 11.4. The zero-order chi connectivity index (χ0) is 18.6. The molecule has 1 aromatic rings. The fourth-order valence-electron chi connectivity index (χ4n) is 1.61. The molecule has 1 aromatic carbocycles. The molecule has 1 amide bonds. The summed E-state index contributed by atoms with van der Waals surface area (Å²) in [4.78, 5) is 11.5. The van der Waals surface area contributed by atoms with Gasteiger partial charge in [-0.25, -0.2) is 4.79 Å². The van der Waals surface area contributed by atoms with Crippen LogP contribution in [0.2, 0.25) is 0 Å². The number of nitrogens with one attached hydrogen (secondary N) is 1. The van der Waals surface area contributed by atoms with Crippen LogP contribution in [0.25, 0.3) is 0 Å². The molecule has 1 aliphatic rings. The Bertz CT molecular complexity index is 526. The molecule has 0 saturated heterocycles. The van der Waals surface area contributed by atoms with Crippen molar-refractivity contribution in [3.8, 4) is 11.8 Å². The molecule has 0 bridgehead atoms. The van der Waals surface area contributed by atoms with Crippen LogP contribution in [0.15, 0.2) is 24.3 Å². The van der Waals surface area contributed by atoms with Gasteiger partial charge in [-0.2, -0.15) is 0 Å². The molecule has 3 heteroatoms. The molecule has 1 aliphatic carbocycles. The van der Waals surface area contributed by atoms with E-state index in [2.05, 4.69) is 17.2 Å². The van der Waals surface area contributed by atoms with Gasteiger partial charge in [0.25, 0.3) is 0 Å². The average molecular weight is 332 g/mol. The van der Waals surface area contributed by atoms with E-state index in [1.807, 2.05) is 72.7 Å². The molecule has 0 aromatic heterocycles. The lowest BCUT2D eigenvalue weighted by Gasteiger charge is -2.19. The fourth-order valence-corrected chi connectivity index (χ4v) is 1.61. The van der Waals surface area contributed by atoms with Crippen LogP contribution in [0.1, 0.15) is 72.4 Å². The summed E-state index contributed by atoms with van der Waals surface area (Å²) in [7, 11) is 0. The first-order valence-electron chi connectivity index (χ1n) is 9.00. The van der Waals surface area contributed by atoms with Crippen LogP contribution in [0, 0.1) is 17.8 Å². The topological polar surface area (TPSA) is 38.3 Å². The lowest BCUT2D eigenvalue weighted by molar-refractivity contribution is 0.0523. The number of hydrogen-bond donors (Lipinski definition) is 1. The van der Waals surface area contributed by atoms with Gasteiger partial charge in [0.15, 0.2) is 0 Å². The molecule has 2 rings (SSSR count). The third-order valence-electron chi connectivity index (χ3n) is 2.79. The molecule has 1 N–H and O–H groups in total. The van der Waals surface area contributed by atoms with Crippen LogP contribution in [-0.4, -0.2) is 11.7 Å². The first kappa shape index (κ1) is 22.1. The van der Waals surface area contributed by atoms with Crippen molar-refractivity contribution in [2.75, 3.05) is 0 Å². The van der Waals surface area contributed by atoms with Gasteiger partial charge >= 0.3 is 6.09 Å². The number of rotatable bonds is 2. The van der Waals surface area contributed by atoms with Gasteiger partial charge in [0.2, 0.25) is 0 Å². The van der Waals surface area contributed by atoms with Gasteiger partial charge in [-0.15, -0.1) is 0 Å². The summed E-state index contributed by atoms with van der Waals surface area (Å²) in [5.41, 5.74) is 1.59. The smallest absolute Gasteiger partial charge is 0.407 e. The molecule has 0 atom stereocenters. The van der Waals surface area contributed by atoms with Gasteiger partial charge < -0.3 is 10.1 Å². The summed E-state index contributed by atoms with van der Waals surface area (Å²) < 4.78 is 5.18. The second-order valence-electron chi connectivity index (χ2n) is 6.10. The normalized spacial score (nSPS) is 12.3. The minimum Gasteiger partial charge on any atom is -0.444 e. The van der Waals surface area contributed by atoms with Crippen LogP contribution >= 0.6 is 0 Å². The zero-order valence-corrected chi connectivity index (χ0v) is 16.3. The predicted octanol–water partition coefficient (Wildman–Crippen LogP) is 5.53. The third-order valence-corrected chi connectivity index (χ3v) is 2.79. The Morgan fingerprint density at radius 3 is 2.12 bits per heavy atom. The molecule has 0 unspecified atom stereocenters. The van der Waals surface area contributed by atoms with Gasteiger partial charge in [-0.1, -0.05) is 51.7 Å². The number of carbonyl (C=O) groups is 1. The lowest BCUT2D eigenvalue weighted by atomic mass is 10.1. The van der Waals surface area contributed by atoms with Crippen molar-refractivity contribution in [3.05, 3.63) is 35.4 Å². The van der Waals surface area contributed by atoms with E-state index in [-0.39, 0.29) is 0 Å². The minimum absolute atomic E-state index is 0.393. The van der Waals surface area contributed by atoms with E-state index >= 15 is 0 Å². The van der Waals surface area contributed by atoms with Crippen LogP contribution in [-0.2, 0) is 11.3 Å². The van der Waals surface area contributed by atoms with Gasteiger partial charge in [0, 0.05) is 18.0 Å². The monoisotopic (exact) mass is 331 g/mol. The number of carbonyl (C=O) groups excluding carboxylic acids is 1. The highest BCUT2D eigenvalue weighted by Gasteiger charge is 2.17. The van der Waals surface area contributed by atoms with Crippen molar-refractivity contribution >= 4 is 6.09 Å². The number of amides is 1. The number of hydrogen-bond acceptors (Lipinski definition) is 2. The van der Waals surface area contributed by atoms with Crippen LogP contribution in [0.5, 0.6) is 0 Å². The number of alkyl carbamates (subject to hydrolysis) is 1. The highest BCUT2D eigenvalue weighted by Crippen LogP contribution is 2.27. The van der Waals surface area contributed by atoms with Crippen LogP contribution in [0.3, 0.4) is 0 Å². The summed E-state index contributed by atoms with van der Waals surface area (Å²) in [5, 5.41) is 2.74. The van der Waals surface area contributed by atoms with E-state index in [9.17, 15) is 4.79 Å². The number of benzene rings is 1. The second-order valence-corrected chi connectivity index (χ2v) is 6.10. The summed E-state index contributed by atoms with van der Waals surface area (Å²) in [6.07, 6.45) is 2.09. The van der Waals surface area contributed by atoms with Crippen molar-refractivity contribution in [2.24, 2.45) is 5.92 Å². The summed E-state index contributed by atoms with van der Waals surface area (Å²) >= 11 is 0. The van der Waals surface area contributed by atoms with Crippen LogP contribution in [0.4, 0.5) is 4.79 Å². The van der Waals surface area contributed by atoms with E-state index in [1.54, 1.807) is 0 Å². The SMILES string of the molecule is CC.CC.CC(C)(C)OC(=O)NCc1ccc(C#CC2CC2)cc1. The summed E-state index contributed by atoms with van der Waals surface area (Å²) in [6, 6.07) is 7.94. The van der Waals surface area contributed by atoms with Gasteiger partial charge in [0.1, 0.15) is 5.60 Å². The van der Waals surface area contributed by atoms with Crippen molar-refractivity contribution in [2.45, 2.75) is 73.5 Å². The van der Waals surface area contributed by atoms with E-state index in [1.165, 1.54) is 12.8 Å². The van der Waals surface area contributed by atoms with Crippen molar-refractivity contribution in [1.29, 1.82) is 0 Å². The standard InChI is InChI=1S/C17H21NO2.2C2H6/c1-17(2,3)20-16(19)18-12-15-10-8-14(9-11-15)7-6-13-4-5-13;2*1-2/h8-11,13H,4-5,12H2,1-3H3,(H,18,19);2*1-2H3. The van der Waals surface area contributed by atoms with Crippen molar-refractivity contribution in [1.82, 2.24) is 5.32 Å². The Balaban J connectivity index is 0.00000123. The fraction of sp³-hybridized carbons (Fsp3) is 0.571. The molecule has 1 saturated carbocycles.